The highest BCUT2D eigenvalue weighted by atomic mass is 35.5. The van der Waals surface area contributed by atoms with Crippen molar-refractivity contribution in [3.8, 4) is 11.5 Å². The first kappa shape index (κ1) is 15.1. The van der Waals surface area contributed by atoms with E-state index in [-0.39, 0.29) is 24.9 Å². The molecule has 1 N–H and O–H groups in total. The lowest BCUT2D eigenvalue weighted by Crippen LogP contribution is -2.57. The predicted octanol–water partition coefficient (Wildman–Crippen LogP) is 1.55. The number of rotatable bonds is 2. The number of amides is 1. The number of carbonyl (C=O) groups is 1. The van der Waals surface area contributed by atoms with Crippen molar-refractivity contribution >= 4 is 17.5 Å². The molecule has 23 heavy (non-hydrogen) atoms. The molecule has 4 rings (SSSR count). The summed E-state index contributed by atoms with van der Waals surface area (Å²) in [7, 11) is 0. The quantitative estimate of drug-likeness (QED) is 0.886. The molecule has 0 radical (unpaired) electrons. The lowest BCUT2D eigenvalue weighted by atomic mass is 9.90. The van der Waals surface area contributed by atoms with Crippen LogP contribution in [0.3, 0.4) is 0 Å². The van der Waals surface area contributed by atoms with Crippen LogP contribution in [0, 0.1) is 0 Å². The molecule has 0 atom stereocenters. The van der Waals surface area contributed by atoms with Gasteiger partial charge in [-0.05, 0) is 24.5 Å². The molecule has 0 bridgehead atoms. The molecule has 1 aromatic rings. The van der Waals surface area contributed by atoms with E-state index in [0.717, 1.165) is 43.8 Å². The molecule has 0 aromatic heterocycles. The smallest absolute Gasteiger partial charge is 0.246 e. The van der Waals surface area contributed by atoms with Gasteiger partial charge in [0.05, 0.1) is 5.60 Å². The van der Waals surface area contributed by atoms with Crippen LogP contribution in [0.25, 0.3) is 0 Å². The minimum Gasteiger partial charge on any atom is -0.454 e. The van der Waals surface area contributed by atoms with E-state index in [2.05, 4.69) is 10.2 Å². The lowest BCUT2D eigenvalue weighted by Gasteiger charge is -2.43. The highest BCUT2D eigenvalue weighted by molar-refractivity contribution is 6.31. The summed E-state index contributed by atoms with van der Waals surface area (Å²) in [6.45, 7) is 3.65. The number of piperidine rings is 1. The largest absolute Gasteiger partial charge is 0.454 e. The summed E-state index contributed by atoms with van der Waals surface area (Å²) in [6.07, 6.45) is 1.82. The standard InChI is InChI=1S/C16H19ClN2O4/c17-12-6-14-13(21-10-22-14)5-11(12)7-19-3-1-16(2-4-19)9-18-15(20)8-23-16/h5-6H,1-4,7-10H2,(H,18,20). The molecular weight excluding hydrogens is 320 g/mol. The minimum atomic E-state index is -0.191. The second-order valence-corrected chi connectivity index (χ2v) is 6.73. The summed E-state index contributed by atoms with van der Waals surface area (Å²) in [5.41, 5.74) is 0.855. The Labute approximate surface area is 139 Å². The molecule has 6 nitrogen and oxygen atoms in total. The predicted molar refractivity (Wildman–Crippen MR) is 83.8 cm³/mol. The number of nitrogens with one attached hydrogen (secondary N) is 1. The number of nitrogens with zero attached hydrogens (tertiary/aromatic N) is 1. The Kier molecular flexibility index (Phi) is 3.83. The molecule has 3 aliphatic rings. The van der Waals surface area contributed by atoms with Crippen LogP contribution in [0.15, 0.2) is 12.1 Å². The SMILES string of the molecule is O=C1COC2(CCN(Cc3cc4c(cc3Cl)OCO4)CC2)CN1. The Balaban J connectivity index is 1.39. The van der Waals surface area contributed by atoms with Crippen LogP contribution in [-0.4, -0.2) is 49.4 Å². The number of morpholine rings is 1. The fourth-order valence-electron chi connectivity index (χ4n) is 3.34. The molecule has 2 fully saturated rings. The topological polar surface area (TPSA) is 60.0 Å². The third kappa shape index (κ3) is 2.98. The molecule has 3 aliphatic heterocycles. The molecule has 1 aromatic carbocycles. The molecule has 2 saturated heterocycles. The van der Waals surface area contributed by atoms with Crippen LogP contribution in [0.2, 0.25) is 5.02 Å². The number of ether oxygens (including phenoxy) is 3. The lowest BCUT2D eigenvalue weighted by molar-refractivity contribution is -0.150. The highest BCUT2D eigenvalue weighted by Gasteiger charge is 2.39. The second-order valence-electron chi connectivity index (χ2n) is 6.32. The number of fused-ring (bicyclic) bond motifs is 1. The van der Waals surface area contributed by atoms with Gasteiger partial charge in [0.1, 0.15) is 6.61 Å². The number of halogens is 1. The maximum atomic E-state index is 11.2. The zero-order valence-corrected chi connectivity index (χ0v) is 13.5. The van der Waals surface area contributed by atoms with E-state index in [9.17, 15) is 4.79 Å². The number of hydrogen-bond acceptors (Lipinski definition) is 5. The van der Waals surface area contributed by atoms with Gasteiger partial charge in [-0.1, -0.05) is 11.6 Å². The van der Waals surface area contributed by atoms with Gasteiger partial charge in [-0.25, -0.2) is 0 Å². The second kappa shape index (κ2) is 5.85. The van der Waals surface area contributed by atoms with Gasteiger partial charge >= 0.3 is 0 Å². The fraction of sp³-hybridized carbons (Fsp3) is 0.562. The van der Waals surface area contributed by atoms with Gasteiger partial charge in [-0.2, -0.15) is 0 Å². The van der Waals surface area contributed by atoms with E-state index in [1.807, 2.05) is 12.1 Å². The maximum Gasteiger partial charge on any atom is 0.246 e. The Morgan fingerprint density at radius 2 is 1.96 bits per heavy atom. The van der Waals surface area contributed by atoms with Crippen molar-refractivity contribution in [3.05, 3.63) is 22.7 Å². The Morgan fingerprint density at radius 1 is 1.22 bits per heavy atom. The van der Waals surface area contributed by atoms with E-state index in [4.69, 9.17) is 25.8 Å². The van der Waals surface area contributed by atoms with E-state index in [1.165, 1.54) is 0 Å². The molecular formula is C16H19ClN2O4. The van der Waals surface area contributed by atoms with Crippen molar-refractivity contribution in [2.24, 2.45) is 0 Å². The van der Waals surface area contributed by atoms with Crippen LogP contribution in [0.1, 0.15) is 18.4 Å². The van der Waals surface area contributed by atoms with Crippen LogP contribution in [-0.2, 0) is 16.1 Å². The molecule has 0 unspecified atom stereocenters. The van der Waals surface area contributed by atoms with Gasteiger partial charge in [0.2, 0.25) is 12.7 Å². The molecule has 0 aliphatic carbocycles. The first-order chi connectivity index (χ1) is 11.1. The zero-order chi connectivity index (χ0) is 15.9. The van der Waals surface area contributed by atoms with Crippen molar-refractivity contribution in [2.75, 3.05) is 33.0 Å². The Morgan fingerprint density at radius 3 is 2.65 bits per heavy atom. The van der Waals surface area contributed by atoms with Crippen molar-refractivity contribution in [2.45, 2.75) is 25.0 Å². The maximum absolute atomic E-state index is 11.2. The van der Waals surface area contributed by atoms with Crippen LogP contribution in [0.5, 0.6) is 11.5 Å². The van der Waals surface area contributed by atoms with Gasteiger partial charge in [0, 0.05) is 37.3 Å². The normalized spacial score (nSPS) is 23.1. The first-order valence-electron chi connectivity index (χ1n) is 7.85. The van der Waals surface area contributed by atoms with Gasteiger partial charge < -0.3 is 19.5 Å². The Bertz CT molecular complexity index is 617. The van der Waals surface area contributed by atoms with E-state index in [1.54, 1.807) is 0 Å². The summed E-state index contributed by atoms with van der Waals surface area (Å²) in [5.74, 6) is 1.45. The summed E-state index contributed by atoms with van der Waals surface area (Å²) in [6, 6.07) is 3.79. The third-order valence-corrected chi connectivity index (χ3v) is 5.17. The minimum absolute atomic E-state index is 0.0230. The number of hydrogen-bond donors (Lipinski definition) is 1. The Hall–Kier alpha value is -1.50. The van der Waals surface area contributed by atoms with Crippen LogP contribution < -0.4 is 14.8 Å². The van der Waals surface area contributed by atoms with Gasteiger partial charge in [0.15, 0.2) is 11.5 Å². The van der Waals surface area contributed by atoms with E-state index in [0.29, 0.717) is 17.3 Å². The fourth-order valence-corrected chi connectivity index (χ4v) is 3.55. The monoisotopic (exact) mass is 338 g/mol. The summed E-state index contributed by atoms with van der Waals surface area (Å²) < 4.78 is 16.6. The number of benzene rings is 1. The summed E-state index contributed by atoms with van der Waals surface area (Å²) in [4.78, 5) is 13.6. The zero-order valence-electron chi connectivity index (χ0n) is 12.8. The molecule has 1 spiro atoms. The number of likely N-dealkylation sites (tertiary alicyclic amines) is 1. The van der Waals surface area contributed by atoms with Gasteiger partial charge in [-0.3, -0.25) is 9.69 Å². The van der Waals surface area contributed by atoms with E-state index < -0.39 is 0 Å². The van der Waals surface area contributed by atoms with Gasteiger partial charge in [0.25, 0.3) is 0 Å². The molecule has 1 amide bonds. The molecule has 124 valence electrons. The van der Waals surface area contributed by atoms with Crippen molar-refractivity contribution in [1.82, 2.24) is 10.2 Å². The van der Waals surface area contributed by atoms with E-state index >= 15 is 0 Å². The van der Waals surface area contributed by atoms with Crippen LogP contribution >= 0.6 is 11.6 Å². The van der Waals surface area contributed by atoms with Crippen molar-refractivity contribution in [1.29, 1.82) is 0 Å². The first-order valence-corrected chi connectivity index (χ1v) is 8.22. The van der Waals surface area contributed by atoms with Crippen molar-refractivity contribution < 1.29 is 19.0 Å². The molecule has 7 heteroatoms. The third-order valence-electron chi connectivity index (χ3n) is 4.82. The molecule has 3 heterocycles. The average Bonchev–Trinajstić information content (AvgIpc) is 3.00. The number of carbonyl (C=O) groups excluding carboxylic acids is 1. The highest BCUT2D eigenvalue weighted by Crippen LogP contribution is 2.37. The van der Waals surface area contributed by atoms with Gasteiger partial charge in [-0.15, -0.1) is 0 Å². The average molecular weight is 339 g/mol. The molecule has 0 saturated carbocycles. The summed E-state index contributed by atoms with van der Waals surface area (Å²) in [5, 5.41) is 3.61. The van der Waals surface area contributed by atoms with Crippen LogP contribution in [0.4, 0.5) is 0 Å². The van der Waals surface area contributed by atoms with Crippen molar-refractivity contribution in [3.63, 3.8) is 0 Å². The summed E-state index contributed by atoms with van der Waals surface area (Å²) >= 11 is 6.35.